The summed E-state index contributed by atoms with van der Waals surface area (Å²) < 4.78 is 13.0. The first kappa shape index (κ1) is 15.8. The van der Waals surface area contributed by atoms with Crippen LogP contribution >= 0.6 is 31.9 Å². The minimum atomic E-state index is 0.177. The van der Waals surface area contributed by atoms with E-state index in [2.05, 4.69) is 44.1 Å². The van der Waals surface area contributed by atoms with E-state index >= 15 is 0 Å². The Morgan fingerprint density at radius 1 is 1.22 bits per heavy atom. The zero-order valence-electron chi connectivity index (χ0n) is 10.9. The molecule has 0 radical (unpaired) electrons. The molecule has 0 spiro atoms. The van der Waals surface area contributed by atoms with Crippen LogP contribution in [0.4, 0.5) is 0 Å². The SMILES string of the molecule is CCCC(CNC)Oc1cc(Br)c(OC)cc1Br. The van der Waals surface area contributed by atoms with E-state index in [1.54, 1.807) is 7.11 Å². The van der Waals surface area contributed by atoms with Gasteiger partial charge < -0.3 is 14.8 Å². The third kappa shape index (κ3) is 4.44. The number of benzene rings is 1. The van der Waals surface area contributed by atoms with Gasteiger partial charge in [-0.25, -0.2) is 0 Å². The normalized spacial score (nSPS) is 12.3. The van der Waals surface area contributed by atoms with Crippen LogP contribution in [-0.2, 0) is 0 Å². The molecular formula is C13H19Br2NO2. The highest BCUT2D eigenvalue weighted by Crippen LogP contribution is 2.36. The van der Waals surface area contributed by atoms with Gasteiger partial charge in [-0.3, -0.25) is 0 Å². The first-order chi connectivity index (χ1) is 8.62. The Labute approximate surface area is 125 Å². The standard InChI is InChI=1S/C13H19Br2NO2/c1-4-5-9(8-16-2)18-13-7-10(14)12(17-3)6-11(13)15/h6-7,9,16H,4-5,8H2,1-3H3. The molecule has 1 unspecified atom stereocenters. The van der Waals surface area contributed by atoms with E-state index in [1.165, 1.54) is 0 Å². The molecule has 0 heterocycles. The molecule has 3 nitrogen and oxygen atoms in total. The number of methoxy groups -OCH3 is 1. The van der Waals surface area contributed by atoms with E-state index in [0.717, 1.165) is 39.8 Å². The zero-order valence-corrected chi connectivity index (χ0v) is 14.1. The lowest BCUT2D eigenvalue weighted by atomic mass is 10.2. The Balaban J connectivity index is 2.85. The molecule has 102 valence electrons. The van der Waals surface area contributed by atoms with Crippen molar-refractivity contribution >= 4 is 31.9 Å². The summed E-state index contributed by atoms with van der Waals surface area (Å²) in [6.07, 6.45) is 2.30. The molecule has 0 saturated carbocycles. The van der Waals surface area contributed by atoms with Crippen LogP contribution in [0.1, 0.15) is 19.8 Å². The molecule has 0 saturated heterocycles. The number of nitrogens with one attached hydrogen (secondary N) is 1. The maximum atomic E-state index is 6.01. The van der Waals surface area contributed by atoms with Crippen LogP contribution in [0.25, 0.3) is 0 Å². The van der Waals surface area contributed by atoms with E-state index in [-0.39, 0.29) is 6.10 Å². The molecule has 0 aliphatic heterocycles. The predicted octanol–water partition coefficient (Wildman–Crippen LogP) is 3.99. The van der Waals surface area contributed by atoms with Gasteiger partial charge in [-0.2, -0.15) is 0 Å². The third-order valence-corrected chi connectivity index (χ3v) is 3.78. The molecule has 0 fully saturated rings. The average Bonchev–Trinajstić information content (AvgIpc) is 2.34. The van der Waals surface area contributed by atoms with Crippen molar-refractivity contribution in [2.75, 3.05) is 20.7 Å². The summed E-state index contributed by atoms with van der Waals surface area (Å²) in [5.41, 5.74) is 0. The van der Waals surface area contributed by atoms with Crippen molar-refractivity contribution in [2.24, 2.45) is 0 Å². The van der Waals surface area contributed by atoms with Crippen LogP contribution in [0.15, 0.2) is 21.1 Å². The van der Waals surface area contributed by atoms with E-state index in [4.69, 9.17) is 9.47 Å². The number of rotatable bonds is 7. The topological polar surface area (TPSA) is 30.5 Å². The van der Waals surface area contributed by atoms with Crippen LogP contribution in [-0.4, -0.2) is 26.8 Å². The van der Waals surface area contributed by atoms with Gasteiger partial charge in [-0.1, -0.05) is 13.3 Å². The van der Waals surface area contributed by atoms with E-state index in [9.17, 15) is 0 Å². The molecule has 1 aromatic rings. The molecule has 1 aromatic carbocycles. The quantitative estimate of drug-likeness (QED) is 0.775. The maximum absolute atomic E-state index is 6.01. The molecule has 0 aromatic heterocycles. The highest BCUT2D eigenvalue weighted by Gasteiger charge is 2.13. The highest BCUT2D eigenvalue weighted by molar-refractivity contribution is 9.11. The molecule has 1 N–H and O–H groups in total. The van der Waals surface area contributed by atoms with Gasteiger partial charge in [0.1, 0.15) is 17.6 Å². The summed E-state index contributed by atoms with van der Waals surface area (Å²) in [5, 5.41) is 3.15. The van der Waals surface area contributed by atoms with Crippen molar-refractivity contribution in [3.63, 3.8) is 0 Å². The highest BCUT2D eigenvalue weighted by atomic mass is 79.9. The Morgan fingerprint density at radius 3 is 2.39 bits per heavy atom. The molecule has 0 aliphatic rings. The van der Waals surface area contributed by atoms with Gasteiger partial charge in [0.2, 0.25) is 0 Å². The van der Waals surface area contributed by atoms with Crippen molar-refractivity contribution in [1.29, 1.82) is 0 Å². The van der Waals surface area contributed by atoms with Crippen LogP contribution in [0.5, 0.6) is 11.5 Å². The van der Waals surface area contributed by atoms with E-state index in [0.29, 0.717) is 0 Å². The Kier molecular flexibility index (Phi) is 7.04. The molecule has 0 amide bonds. The summed E-state index contributed by atoms with van der Waals surface area (Å²) in [4.78, 5) is 0. The second kappa shape index (κ2) is 8.02. The maximum Gasteiger partial charge on any atom is 0.135 e. The summed E-state index contributed by atoms with van der Waals surface area (Å²) in [6.45, 7) is 2.99. The molecule has 18 heavy (non-hydrogen) atoms. The molecule has 1 rings (SSSR count). The number of ether oxygens (including phenoxy) is 2. The van der Waals surface area contributed by atoms with Gasteiger partial charge in [-0.15, -0.1) is 0 Å². The number of hydrogen-bond donors (Lipinski definition) is 1. The lowest BCUT2D eigenvalue weighted by Crippen LogP contribution is -2.29. The lowest BCUT2D eigenvalue weighted by molar-refractivity contribution is 0.188. The second-order valence-electron chi connectivity index (χ2n) is 4.00. The van der Waals surface area contributed by atoms with Gasteiger partial charge in [0.15, 0.2) is 0 Å². The second-order valence-corrected chi connectivity index (χ2v) is 5.71. The zero-order chi connectivity index (χ0) is 13.5. The number of halogens is 2. The summed E-state index contributed by atoms with van der Waals surface area (Å²) in [7, 11) is 3.58. The largest absolute Gasteiger partial charge is 0.496 e. The van der Waals surface area contributed by atoms with E-state index < -0.39 is 0 Å². The summed E-state index contributed by atoms with van der Waals surface area (Å²) >= 11 is 6.97. The van der Waals surface area contributed by atoms with E-state index in [1.807, 2.05) is 19.2 Å². The Morgan fingerprint density at radius 2 is 1.83 bits per heavy atom. The molecular weight excluding hydrogens is 362 g/mol. The van der Waals surface area contributed by atoms with Crippen LogP contribution in [0.2, 0.25) is 0 Å². The van der Waals surface area contributed by atoms with Crippen molar-refractivity contribution in [3.8, 4) is 11.5 Å². The fourth-order valence-electron chi connectivity index (χ4n) is 1.69. The molecule has 5 heteroatoms. The van der Waals surface area contributed by atoms with Crippen molar-refractivity contribution in [1.82, 2.24) is 5.32 Å². The van der Waals surface area contributed by atoms with Gasteiger partial charge in [0.25, 0.3) is 0 Å². The molecule has 1 atom stereocenters. The molecule has 0 bridgehead atoms. The summed E-state index contributed by atoms with van der Waals surface area (Å²) in [6, 6.07) is 3.84. The minimum absolute atomic E-state index is 0.177. The summed E-state index contributed by atoms with van der Waals surface area (Å²) in [5.74, 6) is 1.62. The first-order valence-electron chi connectivity index (χ1n) is 5.96. The number of likely N-dealkylation sites (N-methyl/N-ethyl adjacent to an activating group) is 1. The average molecular weight is 381 g/mol. The van der Waals surface area contributed by atoms with Crippen LogP contribution in [0.3, 0.4) is 0 Å². The van der Waals surface area contributed by atoms with Gasteiger partial charge >= 0.3 is 0 Å². The predicted molar refractivity (Wildman–Crippen MR) is 81.6 cm³/mol. The fourth-order valence-corrected chi connectivity index (χ4v) is 2.59. The third-order valence-electron chi connectivity index (χ3n) is 2.54. The Bertz CT molecular complexity index is 379. The minimum Gasteiger partial charge on any atom is -0.496 e. The van der Waals surface area contributed by atoms with Crippen LogP contribution in [0, 0.1) is 0 Å². The van der Waals surface area contributed by atoms with Crippen molar-refractivity contribution in [3.05, 3.63) is 21.1 Å². The Hall–Kier alpha value is -0.260. The number of hydrogen-bond acceptors (Lipinski definition) is 3. The fraction of sp³-hybridized carbons (Fsp3) is 0.538. The van der Waals surface area contributed by atoms with Crippen LogP contribution < -0.4 is 14.8 Å². The van der Waals surface area contributed by atoms with Gasteiger partial charge in [0.05, 0.1) is 16.1 Å². The lowest BCUT2D eigenvalue weighted by Gasteiger charge is -2.20. The monoisotopic (exact) mass is 379 g/mol. The van der Waals surface area contributed by atoms with Crippen molar-refractivity contribution in [2.45, 2.75) is 25.9 Å². The smallest absolute Gasteiger partial charge is 0.135 e. The van der Waals surface area contributed by atoms with Gasteiger partial charge in [0, 0.05) is 6.54 Å². The van der Waals surface area contributed by atoms with Crippen molar-refractivity contribution < 1.29 is 9.47 Å². The van der Waals surface area contributed by atoms with Gasteiger partial charge in [-0.05, 0) is 57.5 Å². The first-order valence-corrected chi connectivity index (χ1v) is 7.55. The molecule has 0 aliphatic carbocycles.